The Hall–Kier alpha value is -1.30. The van der Waals surface area contributed by atoms with E-state index in [1.165, 1.54) is 0 Å². The molecule has 0 aromatic rings. The maximum atomic E-state index is 11.4. The Labute approximate surface area is 107 Å². The number of hydrogen-bond donors (Lipinski definition) is 4. The first-order chi connectivity index (χ1) is 8.59. The number of amides is 2. The molecule has 0 saturated heterocycles. The first-order valence-electron chi connectivity index (χ1n) is 6.51. The molecule has 1 fully saturated rings. The second kappa shape index (κ2) is 7.92. The Morgan fingerprint density at radius 3 is 2.56 bits per heavy atom. The van der Waals surface area contributed by atoms with Crippen LogP contribution >= 0.6 is 0 Å². The van der Waals surface area contributed by atoms with E-state index in [0.29, 0.717) is 19.5 Å². The summed E-state index contributed by atoms with van der Waals surface area (Å²) >= 11 is 0. The maximum Gasteiger partial charge on any atom is 0.314 e. The lowest BCUT2D eigenvalue weighted by Gasteiger charge is -2.27. The fraction of sp³-hybridized carbons (Fsp3) is 0.833. The predicted octanol–water partition coefficient (Wildman–Crippen LogP) is 0.701. The molecule has 1 saturated carbocycles. The van der Waals surface area contributed by atoms with Gasteiger partial charge in [0.05, 0.1) is 6.10 Å². The van der Waals surface area contributed by atoms with E-state index in [2.05, 4.69) is 10.6 Å². The Morgan fingerprint density at radius 2 is 1.89 bits per heavy atom. The van der Waals surface area contributed by atoms with Crippen LogP contribution < -0.4 is 10.6 Å². The monoisotopic (exact) mass is 258 g/mol. The molecule has 0 bridgehead atoms. The first kappa shape index (κ1) is 14.8. The molecule has 0 aliphatic heterocycles. The van der Waals surface area contributed by atoms with Crippen molar-refractivity contribution < 1.29 is 19.8 Å². The number of aliphatic hydroxyl groups excluding tert-OH is 1. The highest BCUT2D eigenvalue weighted by Crippen LogP contribution is 2.23. The third-order valence-corrected chi connectivity index (χ3v) is 3.25. The van der Waals surface area contributed by atoms with Crippen molar-refractivity contribution in [1.82, 2.24) is 10.6 Å². The van der Waals surface area contributed by atoms with Crippen molar-refractivity contribution >= 4 is 12.0 Å². The van der Waals surface area contributed by atoms with Gasteiger partial charge in [-0.1, -0.05) is 12.8 Å². The summed E-state index contributed by atoms with van der Waals surface area (Å²) in [4.78, 5) is 21.6. The molecule has 0 aromatic heterocycles. The van der Waals surface area contributed by atoms with Crippen molar-refractivity contribution in [2.75, 3.05) is 13.1 Å². The van der Waals surface area contributed by atoms with Crippen LogP contribution in [0.2, 0.25) is 0 Å². The zero-order valence-electron chi connectivity index (χ0n) is 10.5. The van der Waals surface area contributed by atoms with Crippen LogP contribution in [0, 0.1) is 5.92 Å². The van der Waals surface area contributed by atoms with Crippen LogP contribution in [0.3, 0.4) is 0 Å². The van der Waals surface area contributed by atoms with Gasteiger partial charge in [-0.25, -0.2) is 4.79 Å². The molecular formula is C12H22N2O4. The minimum Gasteiger partial charge on any atom is -0.481 e. The second-order valence-electron chi connectivity index (χ2n) is 4.75. The largest absolute Gasteiger partial charge is 0.481 e. The Balaban J connectivity index is 2.07. The van der Waals surface area contributed by atoms with Crippen LogP contribution in [-0.2, 0) is 4.79 Å². The molecule has 1 aliphatic carbocycles. The van der Waals surface area contributed by atoms with Crippen LogP contribution in [-0.4, -0.2) is 41.4 Å². The lowest BCUT2D eigenvalue weighted by atomic mass is 9.86. The summed E-state index contributed by atoms with van der Waals surface area (Å²) in [6.07, 6.45) is 4.08. The zero-order valence-corrected chi connectivity index (χ0v) is 10.5. The molecule has 0 radical (unpaired) electrons. The summed E-state index contributed by atoms with van der Waals surface area (Å²) in [5.41, 5.74) is 0. The summed E-state index contributed by atoms with van der Waals surface area (Å²) in [6, 6.07) is -0.293. The summed E-state index contributed by atoms with van der Waals surface area (Å²) in [6.45, 7) is 0.831. The van der Waals surface area contributed by atoms with Gasteiger partial charge in [-0.2, -0.15) is 0 Å². The normalized spacial score (nSPS) is 23.4. The van der Waals surface area contributed by atoms with Gasteiger partial charge in [-0.3, -0.25) is 4.79 Å². The quantitative estimate of drug-likeness (QED) is 0.527. The van der Waals surface area contributed by atoms with Gasteiger partial charge in [-0.05, 0) is 19.3 Å². The number of carboxylic acids is 1. The fourth-order valence-corrected chi connectivity index (χ4v) is 2.15. The van der Waals surface area contributed by atoms with Crippen LogP contribution in [0.25, 0.3) is 0 Å². The van der Waals surface area contributed by atoms with E-state index in [0.717, 1.165) is 25.7 Å². The Kier molecular flexibility index (Phi) is 6.49. The van der Waals surface area contributed by atoms with Crippen molar-refractivity contribution in [2.45, 2.75) is 44.6 Å². The van der Waals surface area contributed by atoms with E-state index in [1.807, 2.05) is 0 Å². The minimum absolute atomic E-state index is 0.0572. The topological polar surface area (TPSA) is 98.7 Å². The first-order valence-corrected chi connectivity index (χ1v) is 6.51. The van der Waals surface area contributed by atoms with Gasteiger partial charge in [0.2, 0.25) is 0 Å². The van der Waals surface area contributed by atoms with Crippen LogP contribution in [0.15, 0.2) is 0 Å². The van der Waals surface area contributed by atoms with Gasteiger partial charge in [0, 0.05) is 25.4 Å². The number of carboxylic acid groups (broad SMARTS) is 1. The highest BCUT2D eigenvalue weighted by Gasteiger charge is 2.23. The summed E-state index contributed by atoms with van der Waals surface area (Å²) in [7, 11) is 0. The number of carbonyl (C=O) groups is 2. The fourth-order valence-electron chi connectivity index (χ4n) is 2.15. The van der Waals surface area contributed by atoms with E-state index < -0.39 is 5.97 Å². The van der Waals surface area contributed by atoms with Crippen molar-refractivity contribution in [3.8, 4) is 0 Å². The summed E-state index contributed by atoms with van der Waals surface area (Å²) in [5.74, 6) is -0.717. The second-order valence-corrected chi connectivity index (χ2v) is 4.75. The molecule has 0 heterocycles. The number of hydrogen-bond acceptors (Lipinski definition) is 3. The summed E-state index contributed by atoms with van der Waals surface area (Å²) < 4.78 is 0. The highest BCUT2D eigenvalue weighted by atomic mass is 16.4. The molecule has 1 aliphatic rings. The molecular weight excluding hydrogens is 236 g/mol. The number of nitrogens with one attached hydrogen (secondary N) is 2. The van der Waals surface area contributed by atoms with E-state index in [-0.39, 0.29) is 24.5 Å². The van der Waals surface area contributed by atoms with Crippen molar-refractivity contribution in [1.29, 1.82) is 0 Å². The molecule has 0 aromatic carbocycles. The highest BCUT2D eigenvalue weighted by molar-refractivity contribution is 5.73. The third kappa shape index (κ3) is 5.86. The van der Waals surface area contributed by atoms with Crippen molar-refractivity contribution in [2.24, 2.45) is 5.92 Å². The Morgan fingerprint density at radius 1 is 1.17 bits per heavy atom. The number of carbonyl (C=O) groups excluding carboxylic acids is 1. The van der Waals surface area contributed by atoms with Crippen molar-refractivity contribution in [3.05, 3.63) is 0 Å². The average Bonchev–Trinajstić information content (AvgIpc) is 2.33. The number of rotatable bonds is 6. The lowest BCUT2D eigenvalue weighted by molar-refractivity contribution is -0.137. The minimum atomic E-state index is -0.859. The van der Waals surface area contributed by atoms with Crippen LogP contribution in [0.4, 0.5) is 4.79 Å². The average molecular weight is 258 g/mol. The van der Waals surface area contributed by atoms with Gasteiger partial charge in [-0.15, -0.1) is 0 Å². The van der Waals surface area contributed by atoms with E-state index in [4.69, 9.17) is 5.11 Å². The molecule has 104 valence electrons. The maximum absolute atomic E-state index is 11.4. The molecule has 0 unspecified atom stereocenters. The molecule has 6 nitrogen and oxygen atoms in total. The molecule has 4 N–H and O–H groups in total. The molecule has 1 rings (SSSR count). The Bertz CT molecular complexity index is 283. The van der Waals surface area contributed by atoms with Gasteiger partial charge in [0.1, 0.15) is 0 Å². The smallest absolute Gasteiger partial charge is 0.314 e. The SMILES string of the molecule is O=C(O)CCCNC(=O)NC[C@H]1CCCC[C@@H]1O. The summed E-state index contributed by atoms with van der Waals surface area (Å²) in [5, 5.41) is 23.5. The zero-order chi connectivity index (χ0) is 13.4. The molecule has 2 amide bonds. The van der Waals surface area contributed by atoms with Crippen molar-refractivity contribution in [3.63, 3.8) is 0 Å². The van der Waals surface area contributed by atoms with Crippen LogP contribution in [0.1, 0.15) is 38.5 Å². The van der Waals surface area contributed by atoms with Gasteiger partial charge in [0.15, 0.2) is 0 Å². The van der Waals surface area contributed by atoms with E-state index in [9.17, 15) is 14.7 Å². The van der Waals surface area contributed by atoms with E-state index in [1.54, 1.807) is 0 Å². The number of urea groups is 1. The third-order valence-electron chi connectivity index (χ3n) is 3.25. The number of aliphatic carboxylic acids is 1. The standard InChI is InChI=1S/C12H22N2O4/c15-10-5-2-1-4-9(10)8-14-12(18)13-7-3-6-11(16)17/h9-10,15H,1-8H2,(H,16,17)(H2,13,14,18)/t9-,10+/m1/s1. The number of aliphatic hydroxyl groups is 1. The van der Waals surface area contributed by atoms with Gasteiger partial charge in [0.25, 0.3) is 0 Å². The van der Waals surface area contributed by atoms with E-state index >= 15 is 0 Å². The van der Waals surface area contributed by atoms with Gasteiger partial charge >= 0.3 is 12.0 Å². The lowest BCUT2D eigenvalue weighted by Crippen LogP contribution is -2.42. The van der Waals surface area contributed by atoms with Gasteiger partial charge < -0.3 is 20.8 Å². The predicted molar refractivity (Wildman–Crippen MR) is 66.2 cm³/mol. The molecule has 0 spiro atoms. The van der Waals surface area contributed by atoms with Crippen LogP contribution in [0.5, 0.6) is 0 Å². The molecule has 2 atom stereocenters. The molecule has 6 heteroatoms. The molecule has 18 heavy (non-hydrogen) atoms.